The van der Waals surface area contributed by atoms with Crippen LogP contribution in [0.3, 0.4) is 0 Å². The van der Waals surface area contributed by atoms with Crippen LogP contribution in [0, 0.1) is 0 Å². The van der Waals surface area contributed by atoms with E-state index in [0.29, 0.717) is 18.2 Å². The number of sulfone groups is 1. The largest absolute Gasteiger partial charge is 0.366 e. The predicted molar refractivity (Wildman–Crippen MR) is 101 cm³/mol. The number of nitrogens with zero attached hydrogens (tertiary/aromatic N) is 2. The van der Waals surface area contributed by atoms with Crippen LogP contribution in [0.15, 0.2) is 36.5 Å². The second kappa shape index (κ2) is 6.63. The molecule has 1 aliphatic heterocycles. The number of hydrogen-bond donors (Lipinski definition) is 2. The smallest absolute Gasteiger partial charge is 0.229 e. The van der Waals surface area contributed by atoms with E-state index >= 15 is 0 Å². The quantitative estimate of drug-likeness (QED) is 0.871. The maximum absolute atomic E-state index is 11.6. The summed E-state index contributed by atoms with van der Waals surface area (Å²) in [6.45, 7) is 6.48. The molecule has 2 aromatic rings. The first-order valence-electron chi connectivity index (χ1n) is 8.39. The summed E-state index contributed by atoms with van der Waals surface area (Å²) < 4.78 is 23.2. The van der Waals surface area contributed by atoms with E-state index in [1.807, 2.05) is 18.2 Å². The van der Waals surface area contributed by atoms with Crippen LogP contribution in [0.25, 0.3) is 0 Å². The van der Waals surface area contributed by atoms with E-state index in [4.69, 9.17) is 0 Å². The molecule has 0 aliphatic carbocycles. The Morgan fingerprint density at radius 3 is 2.60 bits per heavy atom. The highest BCUT2D eigenvalue weighted by Gasteiger charge is 2.28. The molecule has 3 rings (SSSR count). The molecule has 1 saturated heterocycles. The Balaban J connectivity index is 1.77. The molecule has 1 unspecified atom stereocenters. The minimum Gasteiger partial charge on any atom is -0.366 e. The maximum Gasteiger partial charge on any atom is 0.229 e. The number of nitrogens with one attached hydrogen (secondary N) is 2. The monoisotopic (exact) mass is 360 g/mol. The second-order valence-electron chi connectivity index (χ2n) is 7.43. The topological polar surface area (TPSA) is 84.0 Å². The summed E-state index contributed by atoms with van der Waals surface area (Å²) in [5.41, 5.74) is 2.15. The van der Waals surface area contributed by atoms with E-state index in [1.54, 1.807) is 12.3 Å². The SMILES string of the molecule is CC(C)(C)c1ccccc1Nc1nccc(NC2CCS(=O)(=O)C2)n1. The van der Waals surface area contributed by atoms with Crippen molar-refractivity contribution in [3.63, 3.8) is 0 Å². The van der Waals surface area contributed by atoms with Crippen LogP contribution >= 0.6 is 0 Å². The number of hydrogen-bond acceptors (Lipinski definition) is 6. The third kappa shape index (κ3) is 4.48. The average Bonchev–Trinajstić information content (AvgIpc) is 2.86. The van der Waals surface area contributed by atoms with Crippen molar-refractivity contribution in [2.75, 3.05) is 22.1 Å². The molecule has 134 valence electrons. The van der Waals surface area contributed by atoms with Gasteiger partial charge in [-0.1, -0.05) is 39.0 Å². The van der Waals surface area contributed by atoms with Crippen molar-refractivity contribution < 1.29 is 8.42 Å². The van der Waals surface area contributed by atoms with Crippen molar-refractivity contribution in [3.8, 4) is 0 Å². The van der Waals surface area contributed by atoms with Gasteiger partial charge >= 0.3 is 0 Å². The summed E-state index contributed by atoms with van der Waals surface area (Å²) >= 11 is 0. The number of anilines is 3. The molecule has 0 amide bonds. The van der Waals surface area contributed by atoms with Gasteiger partial charge in [0.25, 0.3) is 0 Å². The Morgan fingerprint density at radius 2 is 1.92 bits per heavy atom. The first-order valence-corrected chi connectivity index (χ1v) is 10.2. The third-order valence-corrected chi connectivity index (χ3v) is 5.99. The van der Waals surface area contributed by atoms with Crippen molar-refractivity contribution in [2.24, 2.45) is 0 Å². The van der Waals surface area contributed by atoms with Gasteiger partial charge in [0.2, 0.25) is 5.95 Å². The molecule has 0 saturated carbocycles. The van der Waals surface area contributed by atoms with Crippen LogP contribution in [0.2, 0.25) is 0 Å². The number of rotatable bonds is 4. The molecule has 1 atom stereocenters. The summed E-state index contributed by atoms with van der Waals surface area (Å²) in [5.74, 6) is 1.52. The lowest BCUT2D eigenvalue weighted by Crippen LogP contribution is -2.21. The van der Waals surface area contributed by atoms with E-state index in [9.17, 15) is 8.42 Å². The van der Waals surface area contributed by atoms with E-state index in [1.165, 1.54) is 5.56 Å². The highest BCUT2D eigenvalue weighted by Crippen LogP contribution is 2.30. The molecule has 0 spiro atoms. The summed E-state index contributed by atoms with van der Waals surface area (Å²) in [5, 5.41) is 6.48. The Kier molecular flexibility index (Phi) is 4.69. The number of para-hydroxylation sites is 1. The molecule has 0 bridgehead atoms. The number of aromatic nitrogens is 2. The van der Waals surface area contributed by atoms with E-state index in [2.05, 4.69) is 47.4 Å². The van der Waals surface area contributed by atoms with Crippen molar-refractivity contribution in [1.82, 2.24) is 9.97 Å². The normalized spacial score (nSPS) is 19.6. The minimum atomic E-state index is -2.92. The summed E-state index contributed by atoms with van der Waals surface area (Å²) in [6.07, 6.45) is 2.28. The van der Waals surface area contributed by atoms with Crippen molar-refractivity contribution in [1.29, 1.82) is 0 Å². The minimum absolute atomic E-state index is 0.00232. The zero-order chi connectivity index (χ0) is 18.1. The maximum atomic E-state index is 11.6. The van der Waals surface area contributed by atoms with Crippen LogP contribution in [0.1, 0.15) is 32.8 Å². The molecule has 7 heteroatoms. The second-order valence-corrected chi connectivity index (χ2v) is 9.66. The van der Waals surface area contributed by atoms with Crippen molar-refractivity contribution in [3.05, 3.63) is 42.1 Å². The lowest BCUT2D eigenvalue weighted by atomic mass is 9.86. The van der Waals surface area contributed by atoms with Crippen LogP contribution in [0.4, 0.5) is 17.5 Å². The Bertz CT molecular complexity index is 859. The lowest BCUT2D eigenvalue weighted by molar-refractivity contribution is 0.592. The van der Waals surface area contributed by atoms with Crippen LogP contribution in [-0.4, -0.2) is 35.9 Å². The molecular formula is C18H24N4O2S. The molecule has 0 radical (unpaired) electrons. The molecule has 6 nitrogen and oxygen atoms in total. The zero-order valence-corrected chi connectivity index (χ0v) is 15.6. The summed E-state index contributed by atoms with van der Waals surface area (Å²) in [7, 11) is -2.92. The van der Waals surface area contributed by atoms with Gasteiger partial charge in [0.15, 0.2) is 9.84 Å². The van der Waals surface area contributed by atoms with Gasteiger partial charge in [0.1, 0.15) is 5.82 Å². The summed E-state index contributed by atoms with van der Waals surface area (Å²) in [6, 6.07) is 9.76. The van der Waals surface area contributed by atoms with Gasteiger partial charge in [-0.25, -0.2) is 13.4 Å². The van der Waals surface area contributed by atoms with Gasteiger partial charge < -0.3 is 10.6 Å². The predicted octanol–water partition coefficient (Wildman–Crippen LogP) is 3.12. The Labute approximate surface area is 149 Å². The molecule has 1 fully saturated rings. The van der Waals surface area contributed by atoms with Gasteiger partial charge in [-0.3, -0.25) is 0 Å². The molecular weight excluding hydrogens is 336 g/mol. The Hall–Kier alpha value is -2.15. The fourth-order valence-electron chi connectivity index (χ4n) is 2.98. The average molecular weight is 360 g/mol. The van der Waals surface area contributed by atoms with Gasteiger partial charge in [-0.2, -0.15) is 4.98 Å². The van der Waals surface area contributed by atoms with Crippen molar-refractivity contribution in [2.45, 2.75) is 38.6 Å². The highest BCUT2D eigenvalue weighted by atomic mass is 32.2. The number of benzene rings is 1. The van der Waals surface area contributed by atoms with Gasteiger partial charge in [-0.15, -0.1) is 0 Å². The third-order valence-electron chi connectivity index (χ3n) is 4.22. The summed E-state index contributed by atoms with van der Waals surface area (Å²) in [4.78, 5) is 8.75. The fraction of sp³-hybridized carbons (Fsp3) is 0.444. The van der Waals surface area contributed by atoms with Crippen LogP contribution in [0.5, 0.6) is 0 Å². The van der Waals surface area contributed by atoms with Crippen LogP contribution in [-0.2, 0) is 15.3 Å². The van der Waals surface area contributed by atoms with E-state index < -0.39 is 9.84 Å². The molecule has 2 N–H and O–H groups in total. The molecule has 1 aliphatic rings. The van der Waals surface area contributed by atoms with Gasteiger partial charge in [0.05, 0.1) is 11.5 Å². The van der Waals surface area contributed by atoms with E-state index in [0.717, 1.165) is 5.69 Å². The van der Waals surface area contributed by atoms with Gasteiger partial charge in [-0.05, 0) is 29.5 Å². The standard InChI is InChI=1S/C18H24N4O2S/c1-18(2,3)14-6-4-5-7-15(14)21-17-19-10-8-16(22-17)20-13-9-11-25(23,24)12-13/h4-8,10,13H,9,11-12H2,1-3H3,(H2,19,20,21,22). The highest BCUT2D eigenvalue weighted by molar-refractivity contribution is 7.91. The lowest BCUT2D eigenvalue weighted by Gasteiger charge is -2.23. The molecule has 2 heterocycles. The first kappa shape index (κ1) is 17.7. The van der Waals surface area contributed by atoms with Crippen LogP contribution < -0.4 is 10.6 Å². The molecule has 1 aromatic carbocycles. The molecule has 25 heavy (non-hydrogen) atoms. The fourth-order valence-corrected chi connectivity index (χ4v) is 4.66. The van der Waals surface area contributed by atoms with Gasteiger partial charge in [0, 0.05) is 17.9 Å². The first-order chi connectivity index (χ1) is 11.7. The van der Waals surface area contributed by atoms with E-state index in [-0.39, 0.29) is 23.0 Å². The zero-order valence-electron chi connectivity index (χ0n) is 14.8. The Morgan fingerprint density at radius 1 is 1.16 bits per heavy atom. The molecule has 1 aromatic heterocycles. The van der Waals surface area contributed by atoms with Crippen molar-refractivity contribution >= 4 is 27.3 Å².